The first-order chi connectivity index (χ1) is 15.0. The molecule has 3 heterocycles. The van der Waals surface area contributed by atoms with E-state index in [1.807, 2.05) is 34.2 Å². The molecule has 1 aromatic carbocycles. The molecule has 0 fully saturated rings. The largest absolute Gasteiger partial charge is 0.326 e. The first kappa shape index (κ1) is 21.1. The first-order valence-electron chi connectivity index (χ1n) is 9.91. The van der Waals surface area contributed by atoms with Gasteiger partial charge < -0.3 is 10.6 Å². The highest BCUT2D eigenvalue weighted by atomic mass is 32.1. The van der Waals surface area contributed by atoms with Crippen molar-refractivity contribution in [1.29, 1.82) is 0 Å². The van der Waals surface area contributed by atoms with E-state index in [2.05, 4.69) is 32.4 Å². The van der Waals surface area contributed by atoms with E-state index < -0.39 is 0 Å². The number of carbonyl (C=O) groups is 2. The van der Waals surface area contributed by atoms with Gasteiger partial charge in [0.15, 0.2) is 9.90 Å². The van der Waals surface area contributed by atoms with Gasteiger partial charge in [0.2, 0.25) is 11.8 Å². The van der Waals surface area contributed by atoms with Crippen molar-refractivity contribution in [2.24, 2.45) is 5.92 Å². The standard InChI is InChI=1S/C21H22N6O2S2/c1-2-9-27-17(25-26-21(27)30)11-15-12-31-20(22-15)24-18(28)8-7-14-10-13-5-3-4-6-16(13)23-19(14)29/h2-6,12,14H,1,7-11H2,(H,23,29)(H,26,30)(H,22,24,28). The van der Waals surface area contributed by atoms with Crippen molar-refractivity contribution in [2.45, 2.75) is 32.2 Å². The molecule has 3 aromatic rings. The monoisotopic (exact) mass is 454 g/mol. The minimum Gasteiger partial charge on any atom is -0.326 e. The lowest BCUT2D eigenvalue weighted by Crippen LogP contribution is -2.30. The highest BCUT2D eigenvalue weighted by Gasteiger charge is 2.26. The van der Waals surface area contributed by atoms with E-state index in [9.17, 15) is 9.59 Å². The summed E-state index contributed by atoms with van der Waals surface area (Å²) in [5.41, 5.74) is 2.76. The fourth-order valence-electron chi connectivity index (χ4n) is 3.54. The highest BCUT2D eigenvalue weighted by molar-refractivity contribution is 7.71. The quantitative estimate of drug-likeness (QED) is 0.356. The van der Waals surface area contributed by atoms with Gasteiger partial charge in [-0.15, -0.1) is 17.9 Å². The number of para-hydroxylation sites is 1. The van der Waals surface area contributed by atoms with Crippen LogP contribution in [-0.4, -0.2) is 31.6 Å². The molecule has 160 valence electrons. The first-order valence-corrected chi connectivity index (χ1v) is 11.2. The predicted molar refractivity (Wildman–Crippen MR) is 123 cm³/mol. The highest BCUT2D eigenvalue weighted by Crippen LogP contribution is 2.27. The van der Waals surface area contributed by atoms with Gasteiger partial charge in [0.25, 0.3) is 0 Å². The van der Waals surface area contributed by atoms with Crippen molar-refractivity contribution in [3.63, 3.8) is 0 Å². The predicted octanol–water partition coefficient (Wildman–Crippen LogP) is 3.70. The van der Waals surface area contributed by atoms with Crippen LogP contribution in [0.1, 0.15) is 29.9 Å². The minimum atomic E-state index is -0.208. The van der Waals surface area contributed by atoms with E-state index in [-0.39, 0.29) is 24.2 Å². The lowest BCUT2D eigenvalue weighted by atomic mass is 9.89. The molecule has 1 unspecified atom stereocenters. The molecule has 31 heavy (non-hydrogen) atoms. The van der Waals surface area contributed by atoms with Crippen LogP contribution in [0.2, 0.25) is 0 Å². The minimum absolute atomic E-state index is 0.0315. The molecule has 0 spiro atoms. The van der Waals surface area contributed by atoms with Crippen LogP contribution in [0.15, 0.2) is 42.3 Å². The molecule has 2 aromatic heterocycles. The number of aromatic amines is 1. The van der Waals surface area contributed by atoms with E-state index in [1.54, 1.807) is 6.08 Å². The number of carbonyl (C=O) groups excluding carboxylic acids is 2. The molecule has 1 atom stereocenters. The van der Waals surface area contributed by atoms with E-state index in [0.29, 0.717) is 35.7 Å². The Hall–Kier alpha value is -3.11. The molecule has 4 rings (SSSR count). The second-order valence-electron chi connectivity index (χ2n) is 7.30. The number of nitrogens with one attached hydrogen (secondary N) is 3. The molecule has 1 aliphatic rings. The van der Waals surface area contributed by atoms with Crippen molar-refractivity contribution in [3.05, 3.63) is 64.2 Å². The number of aromatic nitrogens is 4. The zero-order valence-corrected chi connectivity index (χ0v) is 18.4. The van der Waals surface area contributed by atoms with Crippen molar-refractivity contribution in [1.82, 2.24) is 19.7 Å². The summed E-state index contributed by atoms with van der Waals surface area (Å²) in [6.45, 7) is 4.30. The Morgan fingerprint density at radius 3 is 3.10 bits per heavy atom. The van der Waals surface area contributed by atoms with Crippen LogP contribution in [0.4, 0.5) is 10.8 Å². The third kappa shape index (κ3) is 4.97. The Morgan fingerprint density at radius 2 is 2.26 bits per heavy atom. The Bertz CT molecular complexity index is 1180. The number of thiazole rings is 1. The normalized spacial score (nSPS) is 15.2. The van der Waals surface area contributed by atoms with Gasteiger partial charge in [-0.1, -0.05) is 24.3 Å². The summed E-state index contributed by atoms with van der Waals surface area (Å²) in [5.74, 6) is 0.370. The van der Waals surface area contributed by atoms with E-state index in [0.717, 1.165) is 22.8 Å². The summed E-state index contributed by atoms with van der Waals surface area (Å²) in [5, 5.41) is 15.2. The molecule has 0 bridgehead atoms. The van der Waals surface area contributed by atoms with Crippen LogP contribution in [-0.2, 0) is 29.0 Å². The summed E-state index contributed by atoms with van der Waals surface area (Å²) >= 11 is 6.58. The summed E-state index contributed by atoms with van der Waals surface area (Å²) in [4.78, 5) is 29.2. The molecule has 10 heteroatoms. The van der Waals surface area contributed by atoms with Gasteiger partial charge in [0.1, 0.15) is 5.82 Å². The van der Waals surface area contributed by atoms with E-state index in [1.165, 1.54) is 11.3 Å². The smallest absolute Gasteiger partial charge is 0.227 e. The van der Waals surface area contributed by atoms with Gasteiger partial charge in [0, 0.05) is 30.0 Å². The molecule has 3 N–H and O–H groups in total. The van der Waals surface area contributed by atoms with Gasteiger partial charge in [-0.25, -0.2) is 4.98 Å². The molecular weight excluding hydrogens is 432 g/mol. The topological polar surface area (TPSA) is 105 Å². The third-order valence-corrected chi connectivity index (χ3v) is 6.24. The maximum Gasteiger partial charge on any atom is 0.227 e. The lowest BCUT2D eigenvalue weighted by Gasteiger charge is -2.24. The zero-order valence-electron chi connectivity index (χ0n) is 16.8. The molecule has 0 radical (unpaired) electrons. The molecule has 2 amide bonds. The number of rotatable bonds is 8. The van der Waals surface area contributed by atoms with Gasteiger partial charge in [-0.2, -0.15) is 5.10 Å². The van der Waals surface area contributed by atoms with Gasteiger partial charge in [-0.3, -0.25) is 19.3 Å². The Labute approximate surface area is 188 Å². The number of amides is 2. The van der Waals surface area contributed by atoms with Gasteiger partial charge >= 0.3 is 0 Å². The Morgan fingerprint density at radius 1 is 1.42 bits per heavy atom. The van der Waals surface area contributed by atoms with E-state index >= 15 is 0 Å². The number of fused-ring (bicyclic) bond motifs is 1. The Balaban J connectivity index is 1.31. The number of benzene rings is 1. The Kier molecular flexibility index (Phi) is 6.38. The SMILES string of the molecule is C=CCn1c(Cc2csc(NC(=O)CCC3Cc4ccccc4NC3=O)n2)n[nH]c1=S. The maximum absolute atomic E-state index is 12.4. The lowest BCUT2D eigenvalue weighted by molar-refractivity contribution is -0.121. The molecule has 1 aliphatic heterocycles. The molecule has 8 nitrogen and oxygen atoms in total. The average Bonchev–Trinajstić information content (AvgIpc) is 3.34. The van der Waals surface area contributed by atoms with E-state index in [4.69, 9.17) is 12.2 Å². The van der Waals surface area contributed by atoms with Crippen molar-refractivity contribution < 1.29 is 9.59 Å². The molecule has 0 saturated heterocycles. The number of allylic oxidation sites excluding steroid dienone is 1. The van der Waals surface area contributed by atoms with Crippen molar-refractivity contribution in [3.8, 4) is 0 Å². The van der Waals surface area contributed by atoms with Crippen LogP contribution in [0.25, 0.3) is 0 Å². The van der Waals surface area contributed by atoms with Gasteiger partial charge in [0.05, 0.1) is 12.1 Å². The van der Waals surface area contributed by atoms with Crippen LogP contribution in [0.5, 0.6) is 0 Å². The second kappa shape index (κ2) is 9.36. The fraction of sp³-hybridized carbons (Fsp3) is 0.286. The zero-order chi connectivity index (χ0) is 21.8. The van der Waals surface area contributed by atoms with Crippen LogP contribution in [0.3, 0.4) is 0 Å². The summed E-state index contributed by atoms with van der Waals surface area (Å²) in [6, 6.07) is 7.76. The van der Waals surface area contributed by atoms with Crippen LogP contribution in [0, 0.1) is 10.7 Å². The summed E-state index contributed by atoms with van der Waals surface area (Å²) in [6.07, 6.45) is 3.64. The third-order valence-electron chi connectivity index (χ3n) is 5.12. The summed E-state index contributed by atoms with van der Waals surface area (Å²) in [7, 11) is 0. The number of H-pyrrole nitrogens is 1. The maximum atomic E-state index is 12.4. The van der Waals surface area contributed by atoms with Crippen molar-refractivity contribution in [2.75, 3.05) is 10.6 Å². The van der Waals surface area contributed by atoms with Crippen LogP contribution >= 0.6 is 23.6 Å². The van der Waals surface area contributed by atoms with Crippen molar-refractivity contribution >= 4 is 46.2 Å². The molecule has 0 saturated carbocycles. The summed E-state index contributed by atoms with van der Waals surface area (Å²) < 4.78 is 2.39. The number of nitrogens with zero attached hydrogens (tertiary/aromatic N) is 3. The number of anilines is 2. The van der Waals surface area contributed by atoms with Crippen LogP contribution < -0.4 is 10.6 Å². The number of hydrogen-bond acceptors (Lipinski definition) is 6. The van der Waals surface area contributed by atoms with Gasteiger partial charge in [-0.05, 0) is 36.7 Å². The number of hydrogen-bond donors (Lipinski definition) is 3. The molecule has 0 aliphatic carbocycles. The fourth-order valence-corrected chi connectivity index (χ4v) is 4.50. The molecular formula is C21H22N6O2S2. The second-order valence-corrected chi connectivity index (χ2v) is 8.54. The average molecular weight is 455 g/mol.